The van der Waals surface area contributed by atoms with Crippen LogP contribution < -0.4 is 14.8 Å². The highest BCUT2D eigenvalue weighted by molar-refractivity contribution is 5.40. The quantitative estimate of drug-likeness (QED) is 0.774. The summed E-state index contributed by atoms with van der Waals surface area (Å²) in [5.41, 5.74) is 1.01. The van der Waals surface area contributed by atoms with Crippen molar-refractivity contribution in [1.29, 1.82) is 0 Å². The normalized spacial score (nSPS) is 10.2. The Bertz CT molecular complexity index is 318. The zero-order valence-electron chi connectivity index (χ0n) is 9.75. The van der Waals surface area contributed by atoms with Crippen LogP contribution in [-0.2, 0) is 6.54 Å². The number of alkyl halides is 1. The number of hydrogen-bond acceptors (Lipinski definition) is 3. The highest BCUT2D eigenvalue weighted by atomic mass is 19.1. The Kier molecular flexibility index (Phi) is 5.64. The number of ether oxygens (including phenoxy) is 2. The Balaban J connectivity index is 2.78. The summed E-state index contributed by atoms with van der Waals surface area (Å²) in [6, 6.07) is 5.58. The smallest absolute Gasteiger partial charge is 0.127 e. The third kappa shape index (κ3) is 3.70. The summed E-state index contributed by atoms with van der Waals surface area (Å²) < 4.78 is 22.5. The summed E-state index contributed by atoms with van der Waals surface area (Å²) in [6.45, 7) is 3.21. The molecule has 0 bridgehead atoms. The van der Waals surface area contributed by atoms with Gasteiger partial charge in [-0.25, -0.2) is 4.39 Å². The van der Waals surface area contributed by atoms with Crippen LogP contribution in [-0.4, -0.2) is 26.9 Å². The maximum atomic E-state index is 12.1. The van der Waals surface area contributed by atoms with E-state index >= 15 is 0 Å². The largest absolute Gasteiger partial charge is 0.497 e. The highest BCUT2D eigenvalue weighted by Crippen LogP contribution is 2.24. The van der Waals surface area contributed by atoms with Crippen LogP contribution in [0.25, 0.3) is 0 Å². The molecule has 0 saturated heterocycles. The SMILES string of the molecule is CCNCc1ccc(OC)cc1OCCF. The second-order valence-corrected chi connectivity index (χ2v) is 3.29. The minimum Gasteiger partial charge on any atom is -0.497 e. The molecule has 0 amide bonds. The molecule has 1 N–H and O–H groups in total. The van der Waals surface area contributed by atoms with Crippen molar-refractivity contribution in [2.75, 3.05) is 26.9 Å². The predicted octanol–water partition coefficient (Wildman–Crippen LogP) is 2.15. The van der Waals surface area contributed by atoms with Crippen LogP contribution in [0.15, 0.2) is 18.2 Å². The molecule has 1 rings (SSSR count). The van der Waals surface area contributed by atoms with E-state index in [1.807, 2.05) is 19.1 Å². The lowest BCUT2D eigenvalue weighted by Crippen LogP contribution is -2.13. The zero-order valence-corrected chi connectivity index (χ0v) is 9.75. The number of methoxy groups -OCH3 is 1. The van der Waals surface area contributed by atoms with E-state index in [0.717, 1.165) is 12.1 Å². The van der Waals surface area contributed by atoms with Gasteiger partial charge < -0.3 is 14.8 Å². The van der Waals surface area contributed by atoms with Gasteiger partial charge >= 0.3 is 0 Å². The Morgan fingerprint density at radius 3 is 2.81 bits per heavy atom. The van der Waals surface area contributed by atoms with Gasteiger partial charge in [-0.3, -0.25) is 0 Å². The molecule has 1 aromatic carbocycles. The van der Waals surface area contributed by atoms with Gasteiger partial charge in [-0.15, -0.1) is 0 Å². The van der Waals surface area contributed by atoms with Crippen LogP contribution >= 0.6 is 0 Å². The van der Waals surface area contributed by atoms with Crippen LogP contribution in [0, 0.1) is 0 Å². The molecule has 0 aliphatic heterocycles. The summed E-state index contributed by atoms with van der Waals surface area (Å²) in [7, 11) is 1.60. The molecule has 0 radical (unpaired) electrons. The van der Waals surface area contributed by atoms with Crippen molar-refractivity contribution < 1.29 is 13.9 Å². The molecule has 0 unspecified atom stereocenters. The maximum absolute atomic E-state index is 12.1. The molecule has 0 aromatic heterocycles. The number of hydrogen-bond donors (Lipinski definition) is 1. The first kappa shape index (κ1) is 12.8. The van der Waals surface area contributed by atoms with Crippen molar-refractivity contribution in [1.82, 2.24) is 5.32 Å². The van der Waals surface area contributed by atoms with Gasteiger partial charge in [-0.1, -0.05) is 13.0 Å². The van der Waals surface area contributed by atoms with Crippen LogP contribution in [0.3, 0.4) is 0 Å². The van der Waals surface area contributed by atoms with Gasteiger partial charge in [0, 0.05) is 18.2 Å². The Morgan fingerprint density at radius 2 is 2.19 bits per heavy atom. The molecule has 16 heavy (non-hydrogen) atoms. The Hall–Kier alpha value is -1.29. The van der Waals surface area contributed by atoms with Crippen molar-refractivity contribution >= 4 is 0 Å². The van der Waals surface area contributed by atoms with E-state index in [9.17, 15) is 4.39 Å². The fourth-order valence-corrected chi connectivity index (χ4v) is 1.35. The van der Waals surface area contributed by atoms with E-state index in [4.69, 9.17) is 9.47 Å². The molecular formula is C12H18FNO2. The van der Waals surface area contributed by atoms with Crippen LogP contribution in [0.4, 0.5) is 4.39 Å². The van der Waals surface area contributed by atoms with Crippen LogP contribution in [0.5, 0.6) is 11.5 Å². The zero-order chi connectivity index (χ0) is 11.8. The van der Waals surface area contributed by atoms with Gasteiger partial charge in [0.05, 0.1) is 7.11 Å². The number of rotatable bonds is 7. The Morgan fingerprint density at radius 1 is 1.38 bits per heavy atom. The standard InChI is InChI=1S/C12H18FNO2/c1-3-14-9-10-4-5-11(15-2)8-12(10)16-7-6-13/h4-5,8,14H,3,6-7,9H2,1-2H3. The van der Waals surface area contributed by atoms with Gasteiger partial charge in [0.1, 0.15) is 24.8 Å². The van der Waals surface area contributed by atoms with E-state index in [1.165, 1.54) is 0 Å². The summed E-state index contributed by atoms with van der Waals surface area (Å²) in [6.07, 6.45) is 0. The average molecular weight is 227 g/mol. The monoisotopic (exact) mass is 227 g/mol. The molecule has 0 spiro atoms. The number of nitrogens with one attached hydrogen (secondary N) is 1. The molecule has 0 heterocycles. The summed E-state index contributed by atoms with van der Waals surface area (Å²) in [4.78, 5) is 0. The van der Waals surface area contributed by atoms with Crippen LogP contribution in [0.1, 0.15) is 12.5 Å². The average Bonchev–Trinajstić information content (AvgIpc) is 2.34. The molecule has 0 fully saturated rings. The second kappa shape index (κ2) is 7.06. The van der Waals surface area contributed by atoms with E-state index < -0.39 is 6.67 Å². The van der Waals surface area contributed by atoms with Crippen molar-refractivity contribution in [3.63, 3.8) is 0 Å². The molecule has 4 heteroatoms. The highest BCUT2D eigenvalue weighted by Gasteiger charge is 2.05. The molecule has 3 nitrogen and oxygen atoms in total. The van der Waals surface area contributed by atoms with Gasteiger partial charge in [-0.05, 0) is 12.6 Å². The fraction of sp³-hybridized carbons (Fsp3) is 0.500. The molecule has 0 saturated carbocycles. The van der Waals surface area contributed by atoms with E-state index in [-0.39, 0.29) is 6.61 Å². The van der Waals surface area contributed by atoms with E-state index in [2.05, 4.69) is 5.32 Å². The molecule has 0 aliphatic rings. The lowest BCUT2D eigenvalue weighted by Gasteiger charge is -2.12. The molecular weight excluding hydrogens is 209 g/mol. The minimum atomic E-state index is -0.488. The first-order valence-electron chi connectivity index (χ1n) is 5.38. The molecule has 90 valence electrons. The summed E-state index contributed by atoms with van der Waals surface area (Å²) >= 11 is 0. The first-order valence-corrected chi connectivity index (χ1v) is 5.38. The van der Waals surface area contributed by atoms with Crippen molar-refractivity contribution in [2.24, 2.45) is 0 Å². The molecule has 1 aromatic rings. The number of benzene rings is 1. The van der Waals surface area contributed by atoms with Gasteiger partial charge in [0.25, 0.3) is 0 Å². The minimum absolute atomic E-state index is 0.0757. The fourth-order valence-electron chi connectivity index (χ4n) is 1.35. The lowest BCUT2D eigenvalue weighted by atomic mass is 10.2. The summed E-state index contributed by atoms with van der Waals surface area (Å²) in [5.74, 6) is 1.40. The second-order valence-electron chi connectivity index (χ2n) is 3.29. The third-order valence-corrected chi connectivity index (χ3v) is 2.17. The van der Waals surface area contributed by atoms with Crippen LogP contribution in [0.2, 0.25) is 0 Å². The first-order chi connectivity index (χ1) is 7.81. The van der Waals surface area contributed by atoms with Gasteiger partial charge in [0.15, 0.2) is 0 Å². The van der Waals surface area contributed by atoms with Gasteiger partial charge in [-0.2, -0.15) is 0 Å². The van der Waals surface area contributed by atoms with Gasteiger partial charge in [0.2, 0.25) is 0 Å². The molecule has 0 aliphatic carbocycles. The van der Waals surface area contributed by atoms with Crippen molar-refractivity contribution in [3.05, 3.63) is 23.8 Å². The maximum Gasteiger partial charge on any atom is 0.127 e. The van der Waals surface area contributed by atoms with E-state index in [0.29, 0.717) is 18.0 Å². The van der Waals surface area contributed by atoms with Crippen molar-refractivity contribution in [2.45, 2.75) is 13.5 Å². The number of halogens is 1. The topological polar surface area (TPSA) is 30.5 Å². The van der Waals surface area contributed by atoms with E-state index in [1.54, 1.807) is 13.2 Å². The Labute approximate surface area is 95.6 Å². The molecule has 0 atom stereocenters. The summed E-state index contributed by atoms with van der Waals surface area (Å²) in [5, 5.41) is 3.20. The predicted molar refractivity (Wildman–Crippen MR) is 61.8 cm³/mol. The third-order valence-electron chi connectivity index (χ3n) is 2.17. The van der Waals surface area contributed by atoms with Crippen molar-refractivity contribution in [3.8, 4) is 11.5 Å². The lowest BCUT2D eigenvalue weighted by molar-refractivity contribution is 0.269.